The molecule has 0 amide bonds. The maximum Gasteiger partial charge on any atom is 0.404 e. The van der Waals surface area contributed by atoms with Crippen LogP contribution in [0.4, 0.5) is 17.6 Å². The van der Waals surface area contributed by atoms with E-state index in [1.807, 2.05) is 0 Å². The van der Waals surface area contributed by atoms with Crippen molar-refractivity contribution >= 4 is 20.9 Å². The molecule has 11 heteroatoms. The Morgan fingerprint density at radius 1 is 1.16 bits per heavy atom. The number of sulfonamides is 1. The number of halogens is 4. The van der Waals surface area contributed by atoms with Crippen molar-refractivity contribution < 1.29 is 30.4 Å². The smallest absolute Gasteiger partial charge is 0.404 e. The Kier molecular flexibility index (Phi) is 5.33. The largest absolute Gasteiger partial charge is 0.470 e. The molecule has 1 unspecified atom stereocenters. The summed E-state index contributed by atoms with van der Waals surface area (Å²) in [4.78, 5) is 3.74. The van der Waals surface area contributed by atoms with Gasteiger partial charge in [-0.2, -0.15) is 17.9 Å². The molecule has 0 aliphatic heterocycles. The minimum absolute atomic E-state index is 0.336. The number of nitrogens with one attached hydrogen (secondary N) is 1. The topological polar surface area (TPSA) is 77.1 Å². The van der Waals surface area contributed by atoms with E-state index in [4.69, 9.17) is 4.42 Å². The van der Waals surface area contributed by atoms with Crippen molar-refractivity contribution in [3.05, 3.63) is 66.5 Å². The van der Waals surface area contributed by atoms with Gasteiger partial charge in [0.05, 0.1) is 28.9 Å². The van der Waals surface area contributed by atoms with Crippen LogP contribution < -0.4 is 4.72 Å². The lowest BCUT2D eigenvalue weighted by Gasteiger charge is -2.17. The maximum absolute atomic E-state index is 14.1. The van der Waals surface area contributed by atoms with Crippen molar-refractivity contribution in [2.75, 3.05) is 0 Å². The molecule has 0 radical (unpaired) electrons. The first-order valence-corrected chi connectivity index (χ1v) is 10.9. The van der Waals surface area contributed by atoms with Crippen LogP contribution in [0.15, 0.2) is 64.4 Å². The third-order valence-corrected chi connectivity index (χ3v) is 6.50. The number of pyridine rings is 1. The van der Waals surface area contributed by atoms with Crippen LogP contribution in [-0.2, 0) is 10.0 Å². The zero-order valence-electron chi connectivity index (χ0n) is 16.8. The van der Waals surface area contributed by atoms with Gasteiger partial charge in [0, 0.05) is 17.6 Å². The normalized spacial score (nSPS) is 13.6. The number of furan rings is 1. The first-order chi connectivity index (χ1) is 15.0. The van der Waals surface area contributed by atoms with Gasteiger partial charge in [0.2, 0.25) is 10.0 Å². The fraction of sp³-hybridized carbons (Fsp3) is 0.190. The van der Waals surface area contributed by atoms with Crippen LogP contribution in [0, 0.1) is 12.7 Å². The molecule has 4 aromatic rings. The van der Waals surface area contributed by atoms with Crippen LogP contribution in [-0.4, -0.2) is 30.2 Å². The van der Waals surface area contributed by atoms with Crippen molar-refractivity contribution in [3.63, 3.8) is 0 Å². The fourth-order valence-electron chi connectivity index (χ4n) is 3.24. The summed E-state index contributed by atoms with van der Waals surface area (Å²) in [5.41, 5.74) is 2.61. The van der Waals surface area contributed by atoms with Gasteiger partial charge in [-0.25, -0.2) is 12.8 Å². The van der Waals surface area contributed by atoms with Gasteiger partial charge in [0.25, 0.3) is 0 Å². The van der Waals surface area contributed by atoms with E-state index in [0.717, 1.165) is 12.3 Å². The van der Waals surface area contributed by atoms with Crippen LogP contribution in [0.5, 0.6) is 0 Å². The highest BCUT2D eigenvalue weighted by Crippen LogP contribution is 2.32. The van der Waals surface area contributed by atoms with E-state index in [2.05, 4.69) is 4.98 Å². The minimum atomic E-state index is -4.72. The number of alkyl halides is 3. The van der Waals surface area contributed by atoms with Gasteiger partial charge < -0.3 is 8.98 Å². The number of aromatic nitrogens is 2. The highest BCUT2D eigenvalue weighted by atomic mass is 32.2. The van der Waals surface area contributed by atoms with Crippen LogP contribution in [0.2, 0.25) is 0 Å². The molecule has 1 aromatic carbocycles. The predicted octanol–water partition coefficient (Wildman–Crippen LogP) is 4.96. The number of aryl methyl sites for hydroxylation is 1. The molecule has 0 spiro atoms. The second-order valence-electron chi connectivity index (χ2n) is 7.27. The first-order valence-electron chi connectivity index (χ1n) is 9.37. The Labute approximate surface area is 180 Å². The third kappa shape index (κ3) is 4.00. The van der Waals surface area contributed by atoms with E-state index in [9.17, 15) is 26.0 Å². The second kappa shape index (κ2) is 7.75. The van der Waals surface area contributed by atoms with Gasteiger partial charge in [-0.3, -0.25) is 4.98 Å². The Hall–Kier alpha value is -3.18. The van der Waals surface area contributed by atoms with Crippen LogP contribution in [0.1, 0.15) is 12.5 Å². The molecule has 0 fully saturated rings. The van der Waals surface area contributed by atoms with Gasteiger partial charge in [-0.1, -0.05) is 0 Å². The predicted molar refractivity (Wildman–Crippen MR) is 109 cm³/mol. The molecule has 168 valence electrons. The molecule has 3 aromatic heterocycles. The number of hydrogen-bond acceptors (Lipinski definition) is 4. The van der Waals surface area contributed by atoms with E-state index < -0.39 is 27.1 Å². The van der Waals surface area contributed by atoms with Crippen molar-refractivity contribution in [2.45, 2.75) is 31.0 Å². The van der Waals surface area contributed by atoms with E-state index in [1.165, 1.54) is 24.7 Å². The summed E-state index contributed by atoms with van der Waals surface area (Å²) in [5, 5.41) is 0.587. The minimum Gasteiger partial charge on any atom is -0.470 e. The lowest BCUT2D eigenvalue weighted by atomic mass is 10.1. The summed E-state index contributed by atoms with van der Waals surface area (Å²) in [6.07, 6.45) is -0.788. The van der Waals surface area contributed by atoms with Gasteiger partial charge in [-0.15, -0.1) is 0 Å². The lowest BCUT2D eigenvalue weighted by Crippen LogP contribution is -2.42. The standard InChI is InChI=1S/C21H17F4N3O3S/c1-12-7-19-14(8-17(12)22)9-20(28(19)15-5-6-31-11-15)18-4-3-16(10-26-18)32(29,30)27-13(2)21(23,24)25/h3-11,13,27H,1-2H3. The zero-order valence-corrected chi connectivity index (χ0v) is 17.6. The number of fused-ring (bicyclic) bond motifs is 1. The highest BCUT2D eigenvalue weighted by Gasteiger charge is 2.39. The van der Waals surface area contributed by atoms with Crippen LogP contribution >= 0.6 is 0 Å². The Bertz CT molecular complexity index is 1380. The summed E-state index contributed by atoms with van der Waals surface area (Å²) in [7, 11) is -4.43. The Morgan fingerprint density at radius 2 is 1.91 bits per heavy atom. The summed E-state index contributed by atoms with van der Waals surface area (Å²) < 4.78 is 85.4. The zero-order chi connectivity index (χ0) is 23.3. The fourth-order valence-corrected chi connectivity index (χ4v) is 4.42. The molecular weight excluding hydrogens is 450 g/mol. The molecule has 0 aliphatic rings. The number of hydrogen-bond donors (Lipinski definition) is 1. The molecule has 3 heterocycles. The molecule has 0 saturated carbocycles. The molecule has 1 N–H and O–H groups in total. The molecule has 1 atom stereocenters. The van der Waals surface area contributed by atoms with Gasteiger partial charge in [-0.05, 0) is 49.7 Å². The van der Waals surface area contributed by atoms with Crippen LogP contribution in [0.3, 0.4) is 0 Å². The van der Waals surface area contributed by atoms with Crippen molar-refractivity contribution in [3.8, 4) is 17.1 Å². The lowest BCUT2D eigenvalue weighted by molar-refractivity contribution is -0.147. The number of benzene rings is 1. The molecule has 4 rings (SSSR count). The molecule has 0 bridgehead atoms. The molecule has 0 saturated heterocycles. The van der Waals surface area contributed by atoms with E-state index >= 15 is 0 Å². The van der Waals surface area contributed by atoms with Crippen molar-refractivity contribution in [1.82, 2.24) is 14.3 Å². The monoisotopic (exact) mass is 467 g/mol. The summed E-state index contributed by atoms with van der Waals surface area (Å²) >= 11 is 0. The van der Waals surface area contributed by atoms with Crippen LogP contribution in [0.25, 0.3) is 28.0 Å². The van der Waals surface area contributed by atoms with Gasteiger partial charge in [0.1, 0.15) is 23.0 Å². The van der Waals surface area contributed by atoms with Crippen molar-refractivity contribution in [2.24, 2.45) is 0 Å². The number of rotatable bonds is 5. The first kappa shape index (κ1) is 22.0. The average Bonchev–Trinajstić information content (AvgIpc) is 3.35. The maximum atomic E-state index is 14.1. The van der Waals surface area contributed by atoms with Gasteiger partial charge >= 0.3 is 6.18 Å². The van der Waals surface area contributed by atoms with E-state index in [-0.39, 0.29) is 5.82 Å². The highest BCUT2D eigenvalue weighted by molar-refractivity contribution is 7.89. The number of nitrogens with zero attached hydrogens (tertiary/aromatic N) is 2. The quantitative estimate of drug-likeness (QED) is 0.421. The summed E-state index contributed by atoms with van der Waals surface area (Å²) in [6.45, 7) is 2.35. The summed E-state index contributed by atoms with van der Waals surface area (Å²) in [6, 6.07) is 6.72. The Balaban J connectivity index is 1.78. The molecule has 0 aliphatic carbocycles. The molecule has 6 nitrogen and oxygen atoms in total. The molecule has 32 heavy (non-hydrogen) atoms. The molecular formula is C21H17F4N3O3S. The van der Waals surface area contributed by atoms with Crippen molar-refractivity contribution in [1.29, 1.82) is 0 Å². The Morgan fingerprint density at radius 3 is 2.50 bits per heavy atom. The van der Waals surface area contributed by atoms with E-state index in [1.54, 1.807) is 34.4 Å². The van der Waals surface area contributed by atoms with Gasteiger partial charge in [0.15, 0.2) is 0 Å². The SMILES string of the molecule is Cc1cc2c(cc1F)cc(-c1ccc(S(=O)(=O)NC(C)C(F)(F)F)cn1)n2-c1ccoc1. The van der Waals surface area contributed by atoms with E-state index in [0.29, 0.717) is 40.5 Å². The third-order valence-electron chi connectivity index (χ3n) is 4.98. The average molecular weight is 467 g/mol. The summed E-state index contributed by atoms with van der Waals surface area (Å²) in [5.74, 6) is -0.382. The second-order valence-corrected chi connectivity index (χ2v) is 8.98.